The van der Waals surface area contributed by atoms with Crippen molar-refractivity contribution >= 4 is 5.91 Å². The van der Waals surface area contributed by atoms with Gasteiger partial charge in [-0.2, -0.15) is 0 Å². The van der Waals surface area contributed by atoms with E-state index < -0.39 is 12.1 Å². The summed E-state index contributed by atoms with van der Waals surface area (Å²) in [5.41, 5.74) is 0. The van der Waals surface area contributed by atoms with Crippen LogP contribution in [0.25, 0.3) is 0 Å². The first-order chi connectivity index (χ1) is 23.7. The quantitative estimate of drug-likeness (QED) is 0.0347. The second kappa shape index (κ2) is 40.0. The Morgan fingerprint density at radius 2 is 0.833 bits per heavy atom. The monoisotopic (exact) mass is 674 g/mol. The summed E-state index contributed by atoms with van der Waals surface area (Å²) in [6, 6.07) is -0.627. The first-order valence-corrected chi connectivity index (χ1v) is 21.2. The van der Waals surface area contributed by atoms with E-state index in [1.165, 1.54) is 161 Å². The number of carbonyl (C=O) groups excluding carboxylic acids is 1. The molecular formula is C44H83NO3. The topological polar surface area (TPSA) is 69.6 Å². The Labute approximate surface area is 300 Å². The number of carbonyl (C=O) groups is 1. The highest BCUT2D eigenvalue weighted by molar-refractivity contribution is 5.76. The molecule has 1 amide bonds. The van der Waals surface area contributed by atoms with Crippen molar-refractivity contribution in [1.29, 1.82) is 0 Å². The lowest BCUT2D eigenvalue weighted by Gasteiger charge is -2.20. The fourth-order valence-corrected chi connectivity index (χ4v) is 6.34. The summed E-state index contributed by atoms with van der Waals surface area (Å²) in [6.07, 6.45) is 52.4. The standard InChI is InChI=1S/C44H83NO3/c1-3-5-7-9-11-13-15-17-19-20-21-22-23-24-26-27-29-31-33-35-37-39-43(47)42(41-46)45-44(48)40-38-36-34-32-30-28-25-18-16-14-12-10-8-6-4-2/h12,14,16,18,37,39,42-43,46-47H,3-11,13,15,17,19-36,38,40-41H2,1-2H3,(H,45,48)/b14-12-,18-16-,39-37+. The van der Waals surface area contributed by atoms with Gasteiger partial charge in [0.1, 0.15) is 0 Å². The van der Waals surface area contributed by atoms with E-state index in [0.29, 0.717) is 6.42 Å². The van der Waals surface area contributed by atoms with Crippen LogP contribution in [0.2, 0.25) is 0 Å². The van der Waals surface area contributed by atoms with E-state index in [1.807, 2.05) is 6.08 Å². The third kappa shape index (κ3) is 35.9. The van der Waals surface area contributed by atoms with Gasteiger partial charge >= 0.3 is 0 Å². The SMILES string of the molecule is CCCCC/C=C\C=C/CCCCCCCCC(=O)NC(CO)C(O)/C=C/CCCCCCCCCCCCCCCCCCCCC. The Bertz CT molecular complexity index is 731. The van der Waals surface area contributed by atoms with Crippen molar-refractivity contribution in [1.82, 2.24) is 5.32 Å². The molecule has 0 spiro atoms. The summed E-state index contributed by atoms with van der Waals surface area (Å²) in [6.45, 7) is 4.28. The predicted octanol–water partition coefficient (Wildman–Crippen LogP) is 13.0. The number of unbranched alkanes of at least 4 members (excludes halogenated alkanes) is 28. The molecule has 0 saturated heterocycles. The zero-order valence-electron chi connectivity index (χ0n) is 32.3. The lowest BCUT2D eigenvalue weighted by molar-refractivity contribution is -0.123. The zero-order chi connectivity index (χ0) is 35.0. The number of rotatable bonds is 38. The molecule has 2 atom stereocenters. The summed E-state index contributed by atoms with van der Waals surface area (Å²) < 4.78 is 0. The third-order valence-corrected chi connectivity index (χ3v) is 9.65. The fraction of sp³-hybridized carbons (Fsp3) is 0.841. The minimum absolute atomic E-state index is 0.0758. The molecule has 0 aliphatic rings. The van der Waals surface area contributed by atoms with E-state index in [0.717, 1.165) is 38.5 Å². The second-order valence-corrected chi connectivity index (χ2v) is 14.4. The van der Waals surface area contributed by atoms with Crippen LogP contribution in [0, 0.1) is 0 Å². The Balaban J connectivity index is 3.58. The molecule has 0 saturated carbocycles. The molecular weight excluding hydrogens is 590 g/mol. The van der Waals surface area contributed by atoms with Crippen molar-refractivity contribution < 1.29 is 15.0 Å². The predicted molar refractivity (Wildman–Crippen MR) is 212 cm³/mol. The van der Waals surface area contributed by atoms with Crippen LogP contribution in [0.15, 0.2) is 36.5 Å². The first kappa shape index (κ1) is 46.6. The van der Waals surface area contributed by atoms with Gasteiger partial charge in [0.2, 0.25) is 5.91 Å². The third-order valence-electron chi connectivity index (χ3n) is 9.65. The van der Waals surface area contributed by atoms with Gasteiger partial charge in [0, 0.05) is 6.42 Å². The minimum Gasteiger partial charge on any atom is -0.394 e. The number of allylic oxidation sites excluding steroid dienone is 5. The van der Waals surface area contributed by atoms with Gasteiger partial charge in [-0.3, -0.25) is 4.79 Å². The molecule has 282 valence electrons. The molecule has 48 heavy (non-hydrogen) atoms. The average molecular weight is 674 g/mol. The van der Waals surface area contributed by atoms with E-state index >= 15 is 0 Å². The van der Waals surface area contributed by atoms with Crippen LogP contribution in [0.1, 0.15) is 219 Å². The van der Waals surface area contributed by atoms with Crippen molar-refractivity contribution in [2.45, 2.75) is 231 Å². The lowest BCUT2D eigenvalue weighted by Crippen LogP contribution is -2.45. The summed E-state index contributed by atoms with van der Waals surface area (Å²) >= 11 is 0. The Hall–Kier alpha value is -1.39. The highest BCUT2D eigenvalue weighted by Gasteiger charge is 2.17. The van der Waals surface area contributed by atoms with Gasteiger partial charge in [-0.1, -0.05) is 204 Å². The normalized spacial score (nSPS) is 13.3. The molecule has 0 heterocycles. The van der Waals surface area contributed by atoms with Crippen LogP contribution in [0.4, 0.5) is 0 Å². The molecule has 0 aliphatic heterocycles. The number of hydrogen-bond donors (Lipinski definition) is 3. The Kier molecular flexibility index (Phi) is 38.9. The summed E-state index contributed by atoms with van der Waals surface area (Å²) in [4.78, 5) is 12.3. The molecule has 0 rings (SSSR count). The van der Waals surface area contributed by atoms with Crippen molar-refractivity contribution in [2.24, 2.45) is 0 Å². The maximum absolute atomic E-state index is 12.3. The van der Waals surface area contributed by atoms with Crippen molar-refractivity contribution in [2.75, 3.05) is 6.61 Å². The van der Waals surface area contributed by atoms with Gasteiger partial charge in [-0.25, -0.2) is 0 Å². The number of hydrogen-bond acceptors (Lipinski definition) is 3. The molecule has 0 fully saturated rings. The molecule has 0 aromatic carbocycles. The molecule has 0 bridgehead atoms. The Morgan fingerprint density at radius 1 is 0.500 bits per heavy atom. The number of amides is 1. The van der Waals surface area contributed by atoms with Gasteiger partial charge in [0.15, 0.2) is 0 Å². The summed E-state index contributed by atoms with van der Waals surface area (Å²) in [5.74, 6) is -0.0758. The maximum atomic E-state index is 12.3. The van der Waals surface area contributed by atoms with Crippen LogP contribution in [0.3, 0.4) is 0 Å². The van der Waals surface area contributed by atoms with Crippen molar-refractivity contribution in [3.63, 3.8) is 0 Å². The highest BCUT2D eigenvalue weighted by Crippen LogP contribution is 2.15. The molecule has 0 aromatic heterocycles. The largest absolute Gasteiger partial charge is 0.394 e. The van der Waals surface area contributed by atoms with E-state index in [1.54, 1.807) is 6.08 Å². The van der Waals surface area contributed by atoms with Crippen LogP contribution < -0.4 is 5.32 Å². The van der Waals surface area contributed by atoms with Gasteiger partial charge in [0.05, 0.1) is 18.8 Å². The van der Waals surface area contributed by atoms with Crippen LogP contribution in [-0.2, 0) is 4.79 Å². The molecule has 3 N–H and O–H groups in total. The second-order valence-electron chi connectivity index (χ2n) is 14.4. The average Bonchev–Trinajstić information content (AvgIpc) is 3.09. The first-order valence-electron chi connectivity index (χ1n) is 21.2. The van der Waals surface area contributed by atoms with E-state index in [-0.39, 0.29) is 12.5 Å². The Morgan fingerprint density at radius 3 is 1.25 bits per heavy atom. The molecule has 4 heteroatoms. The fourth-order valence-electron chi connectivity index (χ4n) is 6.34. The van der Waals surface area contributed by atoms with E-state index in [9.17, 15) is 15.0 Å². The maximum Gasteiger partial charge on any atom is 0.220 e. The number of nitrogens with one attached hydrogen (secondary N) is 1. The van der Waals surface area contributed by atoms with Crippen molar-refractivity contribution in [3.8, 4) is 0 Å². The summed E-state index contributed by atoms with van der Waals surface area (Å²) in [5, 5.41) is 23.0. The van der Waals surface area contributed by atoms with E-state index in [2.05, 4.69) is 43.5 Å². The van der Waals surface area contributed by atoms with E-state index in [4.69, 9.17) is 0 Å². The highest BCUT2D eigenvalue weighted by atomic mass is 16.3. The molecule has 4 nitrogen and oxygen atoms in total. The summed E-state index contributed by atoms with van der Waals surface area (Å²) in [7, 11) is 0. The number of aliphatic hydroxyl groups is 2. The molecule has 0 aliphatic carbocycles. The van der Waals surface area contributed by atoms with Crippen LogP contribution in [0.5, 0.6) is 0 Å². The van der Waals surface area contributed by atoms with Gasteiger partial charge < -0.3 is 15.5 Å². The number of aliphatic hydroxyl groups excluding tert-OH is 2. The molecule has 0 radical (unpaired) electrons. The van der Waals surface area contributed by atoms with Crippen molar-refractivity contribution in [3.05, 3.63) is 36.5 Å². The zero-order valence-corrected chi connectivity index (χ0v) is 32.3. The minimum atomic E-state index is -0.843. The lowest BCUT2D eigenvalue weighted by atomic mass is 10.0. The molecule has 0 aromatic rings. The van der Waals surface area contributed by atoms with Gasteiger partial charge in [0.25, 0.3) is 0 Å². The smallest absolute Gasteiger partial charge is 0.220 e. The molecule has 2 unspecified atom stereocenters. The van der Waals surface area contributed by atoms with Crippen LogP contribution >= 0.6 is 0 Å². The van der Waals surface area contributed by atoms with Crippen LogP contribution in [-0.4, -0.2) is 34.9 Å². The van der Waals surface area contributed by atoms with Gasteiger partial charge in [-0.15, -0.1) is 0 Å². The van der Waals surface area contributed by atoms with Gasteiger partial charge in [-0.05, 0) is 44.9 Å².